The average Bonchev–Trinajstić information content (AvgIpc) is 3.37. The van der Waals surface area contributed by atoms with E-state index in [4.69, 9.17) is 4.74 Å². The van der Waals surface area contributed by atoms with E-state index in [1.807, 2.05) is 18.2 Å². The molecule has 3 aromatic heterocycles. The van der Waals surface area contributed by atoms with Crippen LogP contribution in [0.1, 0.15) is 16.1 Å². The summed E-state index contributed by atoms with van der Waals surface area (Å²) in [6.45, 7) is 0. The number of halogens is 3. The molecule has 5 aromatic rings. The predicted octanol–water partition coefficient (Wildman–Crippen LogP) is 6.39. The molecule has 0 saturated carbocycles. The van der Waals surface area contributed by atoms with Crippen molar-refractivity contribution in [1.82, 2.24) is 19.7 Å². The molecular weight excluding hydrogens is 483 g/mol. The SMILES string of the molecule is O=C(Nc1ccc(-n2nc(-c3cccnc3)cc2C(F)(F)F)nc1)c1cccc(Oc2ccccc2)c1. The van der Waals surface area contributed by atoms with Gasteiger partial charge in [0.05, 0.1) is 17.6 Å². The maximum atomic E-state index is 13.7. The third-order valence-electron chi connectivity index (χ3n) is 5.25. The van der Waals surface area contributed by atoms with Gasteiger partial charge in [-0.1, -0.05) is 24.3 Å². The smallest absolute Gasteiger partial charge is 0.433 e. The molecule has 0 aliphatic carbocycles. The lowest BCUT2D eigenvalue weighted by Gasteiger charge is -2.11. The van der Waals surface area contributed by atoms with Gasteiger partial charge in [-0.15, -0.1) is 0 Å². The number of benzene rings is 2. The van der Waals surface area contributed by atoms with Gasteiger partial charge < -0.3 is 10.1 Å². The molecule has 3 heterocycles. The molecule has 37 heavy (non-hydrogen) atoms. The van der Waals surface area contributed by atoms with Crippen LogP contribution < -0.4 is 10.1 Å². The molecule has 10 heteroatoms. The van der Waals surface area contributed by atoms with E-state index >= 15 is 0 Å². The summed E-state index contributed by atoms with van der Waals surface area (Å²) >= 11 is 0. The number of aromatic nitrogens is 4. The molecule has 0 atom stereocenters. The number of carbonyl (C=O) groups excluding carboxylic acids is 1. The summed E-state index contributed by atoms with van der Waals surface area (Å²) in [5.74, 6) is 0.624. The van der Waals surface area contributed by atoms with Gasteiger partial charge in [-0.3, -0.25) is 9.78 Å². The minimum Gasteiger partial charge on any atom is -0.457 e. The lowest BCUT2D eigenvalue weighted by Crippen LogP contribution is -2.15. The molecule has 0 saturated heterocycles. The number of ether oxygens (including phenoxy) is 1. The Morgan fingerprint density at radius 1 is 0.865 bits per heavy atom. The van der Waals surface area contributed by atoms with Gasteiger partial charge >= 0.3 is 6.18 Å². The Hall–Kier alpha value is -4.99. The predicted molar refractivity (Wildman–Crippen MR) is 131 cm³/mol. The van der Waals surface area contributed by atoms with Crippen LogP contribution in [-0.4, -0.2) is 25.7 Å². The van der Waals surface area contributed by atoms with Gasteiger partial charge in [-0.2, -0.15) is 18.3 Å². The largest absolute Gasteiger partial charge is 0.457 e. The highest BCUT2D eigenvalue weighted by molar-refractivity contribution is 6.04. The minimum atomic E-state index is -4.66. The van der Waals surface area contributed by atoms with Crippen LogP contribution >= 0.6 is 0 Å². The molecule has 0 aliphatic rings. The molecule has 0 unspecified atom stereocenters. The second-order valence-electron chi connectivity index (χ2n) is 7.87. The van der Waals surface area contributed by atoms with E-state index in [9.17, 15) is 18.0 Å². The number of anilines is 1. The van der Waals surface area contributed by atoms with Gasteiger partial charge in [0.2, 0.25) is 0 Å². The zero-order valence-electron chi connectivity index (χ0n) is 19.1. The number of rotatable bonds is 6. The molecule has 1 N–H and O–H groups in total. The van der Waals surface area contributed by atoms with Gasteiger partial charge in [-0.25, -0.2) is 9.67 Å². The first-order valence-electron chi connectivity index (χ1n) is 11.1. The minimum absolute atomic E-state index is 0.0567. The number of para-hydroxylation sites is 1. The molecule has 0 aliphatic heterocycles. The summed E-state index contributed by atoms with van der Waals surface area (Å²) in [6.07, 6.45) is -0.441. The summed E-state index contributed by atoms with van der Waals surface area (Å²) in [7, 11) is 0. The fourth-order valence-corrected chi connectivity index (χ4v) is 3.53. The second-order valence-corrected chi connectivity index (χ2v) is 7.87. The number of pyridine rings is 2. The number of nitrogens with one attached hydrogen (secondary N) is 1. The van der Waals surface area contributed by atoms with Crippen molar-refractivity contribution in [3.05, 3.63) is 115 Å². The number of hydrogen-bond donors (Lipinski definition) is 1. The first kappa shape index (κ1) is 23.7. The topological polar surface area (TPSA) is 81.9 Å². The maximum Gasteiger partial charge on any atom is 0.433 e. The van der Waals surface area contributed by atoms with Crippen molar-refractivity contribution >= 4 is 11.6 Å². The van der Waals surface area contributed by atoms with Gasteiger partial charge in [-0.05, 0) is 60.7 Å². The molecule has 0 fully saturated rings. The van der Waals surface area contributed by atoms with Crippen LogP contribution in [0, 0.1) is 0 Å². The molecule has 0 bridgehead atoms. The highest BCUT2D eigenvalue weighted by Crippen LogP contribution is 2.33. The number of hydrogen-bond acceptors (Lipinski definition) is 5. The van der Waals surface area contributed by atoms with Crippen molar-refractivity contribution in [2.24, 2.45) is 0 Å². The van der Waals surface area contributed by atoms with E-state index in [2.05, 4.69) is 20.4 Å². The summed E-state index contributed by atoms with van der Waals surface area (Å²) in [4.78, 5) is 20.8. The van der Waals surface area contributed by atoms with Crippen LogP contribution in [0.15, 0.2) is 104 Å². The van der Waals surface area contributed by atoms with E-state index in [0.717, 1.165) is 10.7 Å². The third kappa shape index (κ3) is 5.48. The van der Waals surface area contributed by atoms with Crippen LogP contribution in [0.25, 0.3) is 17.1 Å². The number of carbonyl (C=O) groups is 1. The standard InChI is InChI=1S/C27H18F3N5O2/c28-27(29,30)24-15-23(19-7-5-13-31-16-19)34-35(24)25-12-11-20(17-32-25)33-26(36)18-6-4-10-22(14-18)37-21-8-2-1-3-9-21/h1-17H,(H,33,36). The van der Waals surface area contributed by atoms with E-state index in [1.54, 1.807) is 48.5 Å². The van der Waals surface area contributed by atoms with E-state index in [1.165, 1.54) is 30.7 Å². The third-order valence-corrected chi connectivity index (χ3v) is 5.25. The average molecular weight is 501 g/mol. The molecule has 0 radical (unpaired) electrons. The summed E-state index contributed by atoms with van der Waals surface area (Å²) in [5.41, 5.74) is 0.207. The number of amides is 1. The Morgan fingerprint density at radius 3 is 2.38 bits per heavy atom. The molecule has 184 valence electrons. The van der Waals surface area contributed by atoms with Crippen LogP contribution in [0.5, 0.6) is 11.5 Å². The van der Waals surface area contributed by atoms with Crippen molar-refractivity contribution in [3.8, 4) is 28.6 Å². The molecule has 2 aromatic carbocycles. The second kappa shape index (κ2) is 9.94. The van der Waals surface area contributed by atoms with Gasteiger partial charge in [0, 0.05) is 23.5 Å². The van der Waals surface area contributed by atoms with Crippen LogP contribution in [0.4, 0.5) is 18.9 Å². The summed E-state index contributed by atoms with van der Waals surface area (Å²) in [5, 5.41) is 6.78. The maximum absolute atomic E-state index is 13.7. The molecule has 0 spiro atoms. The highest BCUT2D eigenvalue weighted by atomic mass is 19.4. The summed E-state index contributed by atoms with van der Waals surface area (Å²) < 4.78 is 47.6. The van der Waals surface area contributed by atoms with Gasteiger partial charge in [0.25, 0.3) is 5.91 Å². The Balaban J connectivity index is 1.35. The quantitative estimate of drug-likeness (QED) is 0.292. The van der Waals surface area contributed by atoms with Crippen molar-refractivity contribution in [2.45, 2.75) is 6.18 Å². The van der Waals surface area contributed by atoms with Crippen LogP contribution in [0.2, 0.25) is 0 Å². The normalized spacial score (nSPS) is 11.2. The first-order valence-corrected chi connectivity index (χ1v) is 11.1. The van der Waals surface area contributed by atoms with Crippen LogP contribution in [0.3, 0.4) is 0 Å². The highest BCUT2D eigenvalue weighted by Gasteiger charge is 2.36. The Bertz CT molecular complexity index is 1520. The summed E-state index contributed by atoms with van der Waals surface area (Å²) in [6, 6.07) is 22.7. The molecule has 5 rings (SSSR count). The molecular formula is C27H18F3N5O2. The lowest BCUT2D eigenvalue weighted by atomic mass is 10.2. The number of nitrogens with zero attached hydrogens (tertiary/aromatic N) is 4. The Kier molecular flexibility index (Phi) is 6.38. The van der Waals surface area contributed by atoms with Crippen molar-refractivity contribution < 1.29 is 22.7 Å². The lowest BCUT2D eigenvalue weighted by molar-refractivity contribution is -0.142. The van der Waals surface area contributed by atoms with E-state index in [-0.39, 0.29) is 11.5 Å². The fourth-order valence-electron chi connectivity index (χ4n) is 3.53. The zero-order valence-corrected chi connectivity index (χ0v) is 19.1. The molecule has 7 nitrogen and oxygen atoms in total. The zero-order chi connectivity index (χ0) is 25.8. The monoisotopic (exact) mass is 501 g/mol. The Labute approximate surface area is 209 Å². The van der Waals surface area contributed by atoms with E-state index < -0.39 is 17.8 Å². The van der Waals surface area contributed by atoms with Gasteiger partial charge in [0.15, 0.2) is 11.5 Å². The molecule has 1 amide bonds. The number of alkyl halides is 3. The van der Waals surface area contributed by atoms with E-state index in [0.29, 0.717) is 28.3 Å². The van der Waals surface area contributed by atoms with Crippen LogP contribution in [-0.2, 0) is 6.18 Å². The van der Waals surface area contributed by atoms with Gasteiger partial charge in [0.1, 0.15) is 11.5 Å². The van der Waals surface area contributed by atoms with Crippen molar-refractivity contribution in [1.29, 1.82) is 0 Å². The first-order chi connectivity index (χ1) is 17.9. The Morgan fingerprint density at radius 2 is 1.68 bits per heavy atom. The van der Waals surface area contributed by atoms with Crippen molar-refractivity contribution in [3.63, 3.8) is 0 Å². The fraction of sp³-hybridized carbons (Fsp3) is 0.0370. The van der Waals surface area contributed by atoms with Crippen molar-refractivity contribution in [2.75, 3.05) is 5.32 Å².